The van der Waals surface area contributed by atoms with Crippen LogP contribution in [0.5, 0.6) is 11.5 Å². The first kappa shape index (κ1) is 74.6. The van der Waals surface area contributed by atoms with E-state index in [1.807, 2.05) is 55.5 Å². The molecule has 9 heteroatoms. The van der Waals surface area contributed by atoms with Crippen molar-refractivity contribution in [3.63, 3.8) is 0 Å². The van der Waals surface area contributed by atoms with Gasteiger partial charge in [-0.15, -0.1) is 0 Å². The van der Waals surface area contributed by atoms with Gasteiger partial charge in [0.1, 0.15) is 11.5 Å². The van der Waals surface area contributed by atoms with Crippen LogP contribution in [0.1, 0.15) is 312 Å². The van der Waals surface area contributed by atoms with E-state index in [9.17, 15) is 4.79 Å². The van der Waals surface area contributed by atoms with Crippen molar-refractivity contribution in [2.75, 3.05) is 10.6 Å². The lowest BCUT2D eigenvalue weighted by Gasteiger charge is -2.38. The van der Waals surface area contributed by atoms with Gasteiger partial charge in [0.15, 0.2) is 0 Å². The fourth-order valence-corrected chi connectivity index (χ4v) is 15.6. The summed E-state index contributed by atoms with van der Waals surface area (Å²) in [5.41, 5.74) is 30.2. The average molecular weight is 1370 g/mol. The van der Waals surface area contributed by atoms with E-state index in [0.29, 0.717) is 34.0 Å². The molecule has 0 unspecified atom stereocenters. The molecule has 11 rings (SSSR count). The van der Waals surface area contributed by atoms with Gasteiger partial charge in [-0.25, -0.2) is 9.97 Å². The second kappa shape index (κ2) is 31.6. The summed E-state index contributed by atoms with van der Waals surface area (Å²) < 4.78 is 7.14. The number of aryl methyl sites for hydroxylation is 6. The molecule has 0 aliphatic carbocycles. The van der Waals surface area contributed by atoms with Gasteiger partial charge < -0.3 is 25.3 Å². The topological polar surface area (TPSA) is 125 Å². The number of anilines is 2. The van der Waals surface area contributed by atoms with Crippen LogP contribution >= 0.6 is 0 Å². The summed E-state index contributed by atoms with van der Waals surface area (Å²) >= 11 is 0. The normalized spacial score (nSPS) is 13.5. The van der Waals surface area contributed by atoms with Crippen LogP contribution in [0.15, 0.2) is 109 Å². The minimum absolute atomic E-state index is 0.274. The van der Waals surface area contributed by atoms with E-state index in [1.165, 1.54) is 107 Å². The number of allylic oxidation sites excluding steroid dienone is 4. The molecule has 5 aromatic carbocycles. The average Bonchev–Trinajstić information content (AvgIpc) is 0.985. The lowest BCUT2D eigenvalue weighted by Crippen LogP contribution is -2.30. The number of unbranched alkanes of at least 4 members (excludes halogenated alkanes) is 12. The van der Waals surface area contributed by atoms with Crippen LogP contribution in [0.2, 0.25) is 0 Å². The number of carbonyl (C=O) groups excluding carboxylic acids is 2. The van der Waals surface area contributed by atoms with Gasteiger partial charge in [0.25, 0.3) is 11.8 Å². The Bertz CT molecular complexity index is 4670. The molecule has 3 aliphatic rings. The monoisotopic (exact) mass is 1360 g/mol. The number of fused-ring (bicyclic) bond motifs is 10. The zero-order valence-corrected chi connectivity index (χ0v) is 65.2. The predicted octanol–water partition coefficient (Wildman–Crippen LogP) is 26.5. The van der Waals surface area contributed by atoms with Crippen LogP contribution in [0, 0.1) is 27.7 Å². The summed E-state index contributed by atoms with van der Waals surface area (Å²) in [6.07, 6.45) is 22.3. The summed E-state index contributed by atoms with van der Waals surface area (Å²) in [6, 6.07) is 38.6. The highest BCUT2D eigenvalue weighted by molar-refractivity contribution is 6.10. The summed E-state index contributed by atoms with van der Waals surface area (Å²) in [7, 11) is 0. The Balaban J connectivity index is 1.13. The Morgan fingerprint density at radius 3 is 1.15 bits per heavy atom. The van der Waals surface area contributed by atoms with Crippen molar-refractivity contribution in [2.24, 2.45) is 0 Å². The maximum absolute atomic E-state index is 15.6. The van der Waals surface area contributed by atoms with Crippen molar-refractivity contribution >= 4 is 67.5 Å². The van der Waals surface area contributed by atoms with Crippen LogP contribution in [0.4, 0.5) is 11.4 Å². The fourth-order valence-electron chi connectivity index (χ4n) is 15.6. The number of aromatic nitrogens is 4. The number of aromatic amines is 2. The summed E-state index contributed by atoms with van der Waals surface area (Å²) in [4.78, 5) is 50.6. The molecule has 102 heavy (non-hydrogen) atoms. The molecule has 8 aromatic rings. The van der Waals surface area contributed by atoms with E-state index in [0.717, 1.165) is 166 Å². The van der Waals surface area contributed by atoms with Crippen LogP contribution < -0.4 is 15.4 Å². The largest absolute Gasteiger partial charge is 0.455 e. The lowest BCUT2D eigenvalue weighted by atomic mass is 9.70. The van der Waals surface area contributed by atoms with Crippen LogP contribution in [-0.4, -0.2) is 31.8 Å². The van der Waals surface area contributed by atoms with Crippen molar-refractivity contribution in [3.8, 4) is 33.8 Å². The zero-order valence-electron chi connectivity index (χ0n) is 65.2. The van der Waals surface area contributed by atoms with E-state index in [1.54, 1.807) is 0 Å². The fraction of sp³-hybridized carbons (Fsp3) is 0.441. The number of carbonyl (C=O) groups is 2. The standard InChI is InChI=1S/C93H116N6O3/c1-19-23-27-31-35-69-59(7)83-81(63-43-39-57(5)40-44-63)84-60(8)70(36-32-28-24-20-2)78(97-84)56-80-72(38-34-30-26-22-4)62(10)86(99-80)82(85-61(9)71(37-33-29-25-21-3)79(98-85)55-77(69)96-83)64-45-49-68(50-46-64)95-90(101)74-52-66(92(14,15)16)54-76-88(74)102-87-73(89(100)94-67-47-41-58(6)42-48-67)51-65(91(11,12)13)53-75(87)93(76,17)18/h39-56,96,99H,19-38H2,1-18H3,(H,94,100)(H,95,101). The second-order valence-electron chi connectivity index (χ2n) is 32.5. The molecular weight excluding hydrogens is 1250 g/mol. The van der Waals surface area contributed by atoms with E-state index in [-0.39, 0.29) is 22.6 Å². The first-order chi connectivity index (χ1) is 48.7. The van der Waals surface area contributed by atoms with E-state index in [2.05, 4.69) is 199 Å². The van der Waals surface area contributed by atoms with Crippen molar-refractivity contribution in [1.29, 1.82) is 0 Å². The number of H-pyrrole nitrogens is 2. The predicted molar refractivity (Wildman–Crippen MR) is 434 cm³/mol. The Hall–Kier alpha value is -8.56. The molecule has 6 heterocycles. The molecule has 8 bridgehead atoms. The third-order valence-electron chi connectivity index (χ3n) is 22.2. The van der Waals surface area contributed by atoms with Gasteiger partial charge in [-0.2, -0.15) is 0 Å². The highest BCUT2D eigenvalue weighted by Gasteiger charge is 2.41. The van der Waals surface area contributed by atoms with E-state index in [4.69, 9.17) is 14.7 Å². The van der Waals surface area contributed by atoms with Gasteiger partial charge in [0.2, 0.25) is 0 Å². The SMILES string of the molecule is CCCCCCC1=C(C)c2nc1cc1[nH]c(c(C)c1CCCCCC)c(-c1ccc(C)cc1)c1nc(cc3[nH]c(c(C)c3CCCCCC)c2-c2ccc(NC(=O)c3cc(C(C)(C)C)cc4c3Oc3c(C(=O)Nc5ccc(C)cc5)cc(C(C)(C)C)cc3C4(C)C)cc2)C(CCCCCC)=C1C. The maximum Gasteiger partial charge on any atom is 0.259 e. The number of ether oxygens (including phenoxy) is 1. The molecule has 0 radical (unpaired) electrons. The highest BCUT2D eigenvalue weighted by atomic mass is 16.5. The molecule has 0 fully saturated rings. The van der Waals surface area contributed by atoms with Crippen molar-refractivity contribution < 1.29 is 14.3 Å². The van der Waals surface area contributed by atoms with E-state index < -0.39 is 5.41 Å². The number of nitrogens with one attached hydrogen (secondary N) is 4. The number of hydrogen-bond acceptors (Lipinski definition) is 5. The third kappa shape index (κ3) is 15.8. The van der Waals surface area contributed by atoms with Crippen LogP contribution in [0.25, 0.3) is 66.6 Å². The maximum atomic E-state index is 15.6. The molecule has 3 aromatic heterocycles. The molecule has 0 atom stereocenters. The van der Waals surface area contributed by atoms with Gasteiger partial charge in [-0.05, 0) is 219 Å². The Morgan fingerprint density at radius 2 is 0.784 bits per heavy atom. The molecule has 2 amide bonds. The Kier molecular flexibility index (Phi) is 23.1. The molecule has 3 aliphatic heterocycles. The lowest BCUT2D eigenvalue weighted by molar-refractivity contribution is 0.101. The van der Waals surface area contributed by atoms with Crippen molar-refractivity contribution in [2.45, 2.75) is 269 Å². The molecule has 536 valence electrons. The van der Waals surface area contributed by atoms with Gasteiger partial charge in [-0.3, -0.25) is 9.59 Å². The molecule has 4 N–H and O–H groups in total. The van der Waals surface area contributed by atoms with Gasteiger partial charge >= 0.3 is 0 Å². The number of amides is 2. The molecule has 0 saturated heterocycles. The van der Waals surface area contributed by atoms with Crippen molar-refractivity contribution in [3.05, 3.63) is 199 Å². The third-order valence-corrected chi connectivity index (χ3v) is 22.2. The molecule has 0 saturated carbocycles. The summed E-state index contributed by atoms with van der Waals surface area (Å²) in [5.74, 6) is 0.336. The number of nitrogens with zero attached hydrogens (tertiary/aromatic N) is 2. The van der Waals surface area contributed by atoms with Gasteiger partial charge in [-0.1, -0.05) is 232 Å². The Labute approximate surface area is 610 Å². The minimum atomic E-state index is -0.673. The smallest absolute Gasteiger partial charge is 0.259 e. The first-order valence-electron chi connectivity index (χ1n) is 38.9. The summed E-state index contributed by atoms with van der Waals surface area (Å²) in [5, 5.41) is 6.56. The minimum Gasteiger partial charge on any atom is -0.455 e. The van der Waals surface area contributed by atoms with Gasteiger partial charge in [0, 0.05) is 50.1 Å². The molecular formula is C93H116N6O3. The zero-order chi connectivity index (χ0) is 72.9. The van der Waals surface area contributed by atoms with Crippen molar-refractivity contribution in [1.82, 2.24) is 19.9 Å². The van der Waals surface area contributed by atoms with E-state index >= 15 is 4.79 Å². The number of hydrogen-bond donors (Lipinski definition) is 4. The first-order valence-corrected chi connectivity index (χ1v) is 38.9. The van der Waals surface area contributed by atoms with Crippen LogP contribution in [0.3, 0.4) is 0 Å². The van der Waals surface area contributed by atoms with Crippen LogP contribution in [-0.2, 0) is 29.1 Å². The quantitative estimate of drug-likeness (QED) is 0.0402. The number of benzene rings is 5. The summed E-state index contributed by atoms with van der Waals surface area (Å²) in [6.45, 7) is 40.2. The molecule has 0 spiro atoms. The second-order valence-corrected chi connectivity index (χ2v) is 32.5. The Morgan fingerprint density at radius 1 is 0.441 bits per heavy atom. The molecule has 9 nitrogen and oxygen atoms in total. The highest BCUT2D eigenvalue weighted by Crippen LogP contribution is 2.54. The van der Waals surface area contributed by atoms with Gasteiger partial charge in [0.05, 0.1) is 44.9 Å². The number of rotatable bonds is 26.